The molecule has 8 nitrogen and oxygen atoms in total. The Morgan fingerprint density at radius 1 is 1.00 bits per heavy atom. The number of amides is 3. The van der Waals surface area contributed by atoms with Crippen LogP contribution >= 0.6 is 11.6 Å². The van der Waals surface area contributed by atoms with Crippen molar-refractivity contribution in [3.05, 3.63) is 53.6 Å². The summed E-state index contributed by atoms with van der Waals surface area (Å²) in [6.07, 6.45) is -0.00837. The van der Waals surface area contributed by atoms with Gasteiger partial charge in [0.05, 0.1) is 15.6 Å². The predicted molar refractivity (Wildman–Crippen MR) is 118 cm³/mol. The van der Waals surface area contributed by atoms with Crippen LogP contribution in [0.25, 0.3) is 0 Å². The number of urea groups is 1. The number of nitrogens with one attached hydrogen (secondary N) is 3. The topological polar surface area (TPSA) is 108 Å². The summed E-state index contributed by atoms with van der Waals surface area (Å²) in [5.41, 5.74) is 0.834. The molecule has 2 aromatic carbocycles. The van der Waals surface area contributed by atoms with Crippen LogP contribution in [0.5, 0.6) is 0 Å². The van der Waals surface area contributed by atoms with Crippen LogP contribution in [0.15, 0.2) is 53.4 Å². The normalized spacial score (nSPS) is 11.2. The summed E-state index contributed by atoms with van der Waals surface area (Å²) in [7, 11) is -3.68. The van der Waals surface area contributed by atoms with Crippen LogP contribution in [-0.4, -0.2) is 44.3 Å². The third-order valence-corrected chi connectivity index (χ3v) is 6.60. The summed E-state index contributed by atoms with van der Waals surface area (Å²) in [6, 6.07) is 12.6. The molecule has 0 fully saturated rings. The van der Waals surface area contributed by atoms with Crippen molar-refractivity contribution < 1.29 is 18.0 Å². The third kappa shape index (κ3) is 6.45. The van der Waals surface area contributed by atoms with E-state index in [1.54, 1.807) is 38.1 Å². The Kier molecular flexibility index (Phi) is 8.64. The van der Waals surface area contributed by atoms with Gasteiger partial charge in [0.15, 0.2) is 0 Å². The van der Waals surface area contributed by atoms with E-state index in [0.29, 0.717) is 18.8 Å². The molecule has 0 bridgehead atoms. The van der Waals surface area contributed by atoms with Gasteiger partial charge in [0, 0.05) is 31.7 Å². The quantitative estimate of drug-likeness (QED) is 0.541. The molecule has 0 radical (unpaired) electrons. The van der Waals surface area contributed by atoms with Crippen molar-refractivity contribution in [3.8, 4) is 0 Å². The zero-order valence-corrected chi connectivity index (χ0v) is 18.4. The Hall–Kier alpha value is -2.62. The van der Waals surface area contributed by atoms with Crippen LogP contribution in [0, 0.1) is 0 Å². The molecule has 0 aliphatic rings. The molecule has 0 spiro atoms. The van der Waals surface area contributed by atoms with Crippen LogP contribution in [-0.2, 0) is 14.8 Å². The highest BCUT2D eigenvalue weighted by molar-refractivity contribution is 7.89. The van der Waals surface area contributed by atoms with Crippen LogP contribution in [0.4, 0.5) is 16.2 Å². The van der Waals surface area contributed by atoms with Crippen molar-refractivity contribution in [3.63, 3.8) is 0 Å². The van der Waals surface area contributed by atoms with E-state index in [0.717, 1.165) is 0 Å². The van der Waals surface area contributed by atoms with E-state index in [1.807, 2.05) is 6.07 Å². The SMILES string of the molecule is CCN(CC)S(=O)(=O)c1ccc(Cl)c(NC(=O)CCNC(=O)Nc2ccccc2)c1. The smallest absolute Gasteiger partial charge is 0.319 e. The molecule has 0 aliphatic heterocycles. The lowest BCUT2D eigenvalue weighted by Crippen LogP contribution is -2.31. The second-order valence-corrected chi connectivity index (χ2v) is 8.62. The second-order valence-electron chi connectivity index (χ2n) is 6.28. The lowest BCUT2D eigenvalue weighted by atomic mass is 10.3. The molecule has 0 saturated carbocycles. The Morgan fingerprint density at radius 2 is 1.67 bits per heavy atom. The maximum Gasteiger partial charge on any atom is 0.319 e. The number of carbonyl (C=O) groups is 2. The fraction of sp³-hybridized carbons (Fsp3) is 0.300. The summed E-state index contributed by atoms with van der Waals surface area (Å²) in [5.74, 6) is -0.408. The molecule has 0 heterocycles. The molecule has 0 unspecified atom stereocenters. The maximum atomic E-state index is 12.7. The Bertz CT molecular complexity index is 980. The van der Waals surface area contributed by atoms with Gasteiger partial charge >= 0.3 is 6.03 Å². The number of rotatable bonds is 9. The number of sulfonamides is 1. The molecule has 10 heteroatoms. The fourth-order valence-corrected chi connectivity index (χ4v) is 4.32. The summed E-state index contributed by atoms with van der Waals surface area (Å²) in [5, 5.41) is 8.04. The van der Waals surface area contributed by atoms with E-state index in [1.165, 1.54) is 22.5 Å². The Balaban J connectivity index is 1.94. The first-order chi connectivity index (χ1) is 14.3. The zero-order chi connectivity index (χ0) is 22.1. The number of para-hydroxylation sites is 1. The van der Waals surface area contributed by atoms with Gasteiger partial charge in [0.1, 0.15) is 0 Å². The minimum Gasteiger partial charge on any atom is -0.337 e. The highest BCUT2D eigenvalue weighted by Crippen LogP contribution is 2.27. The molecule has 0 saturated heterocycles. The van der Waals surface area contributed by atoms with E-state index < -0.39 is 22.0 Å². The molecule has 0 aliphatic carbocycles. The van der Waals surface area contributed by atoms with Gasteiger partial charge in [0.25, 0.3) is 0 Å². The molecule has 2 rings (SSSR count). The number of hydrogen-bond acceptors (Lipinski definition) is 4. The second kappa shape index (κ2) is 11.0. The fourth-order valence-electron chi connectivity index (χ4n) is 2.67. The van der Waals surface area contributed by atoms with Gasteiger partial charge in [-0.3, -0.25) is 4.79 Å². The molecule has 0 aromatic heterocycles. The molecule has 2 aromatic rings. The molecule has 30 heavy (non-hydrogen) atoms. The number of halogens is 1. The van der Waals surface area contributed by atoms with Crippen LogP contribution in [0.2, 0.25) is 5.02 Å². The number of anilines is 2. The van der Waals surface area contributed by atoms with Crippen molar-refractivity contribution in [2.75, 3.05) is 30.3 Å². The predicted octanol–water partition coefficient (Wildman–Crippen LogP) is 3.52. The molecular formula is C20H25ClN4O4S. The first-order valence-electron chi connectivity index (χ1n) is 9.47. The third-order valence-electron chi connectivity index (χ3n) is 4.22. The van der Waals surface area contributed by atoms with Gasteiger partial charge < -0.3 is 16.0 Å². The standard InChI is InChI=1S/C20H25ClN4O4S/c1-3-25(4-2)30(28,29)16-10-11-17(21)18(14-16)24-19(26)12-13-22-20(27)23-15-8-6-5-7-9-15/h5-11,14H,3-4,12-13H2,1-2H3,(H,24,26)(H2,22,23,27). The van der Waals surface area contributed by atoms with Crippen molar-refractivity contribution in [2.24, 2.45) is 0 Å². The number of benzene rings is 2. The average molecular weight is 453 g/mol. The Labute approximate surface area is 181 Å². The van der Waals surface area contributed by atoms with E-state index in [4.69, 9.17) is 11.6 Å². The summed E-state index contributed by atoms with van der Waals surface area (Å²) in [6.45, 7) is 4.26. The highest BCUT2D eigenvalue weighted by Gasteiger charge is 2.22. The number of nitrogens with zero attached hydrogens (tertiary/aromatic N) is 1. The minimum absolute atomic E-state index is 0.00837. The molecule has 0 atom stereocenters. The Morgan fingerprint density at radius 3 is 2.30 bits per heavy atom. The first-order valence-corrected chi connectivity index (χ1v) is 11.3. The first kappa shape index (κ1) is 23.7. The minimum atomic E-state index is -3.68. The van der Waals surface area contributed by atoms with Gasteiger partial charge in [-0.25, -0.2) is 13.2 Å². The van der Waals surface area contributed by atoms with Gasteiger partial charge in [0.2, 0.25) is 15.9 Å². The van der Waals surface area contributed by atoms with Gasteiger partial charge in [-0.05, 0) is 30.3 Å². The summed E-state index contributed by atoms with van der Waals surface area (Å²) in [4.78, 5) is 24.1. The van der Waals surface area contributed by atoms with Gasteiger partial charge in [-0.15, -0.1) is 0 Å². The lowest BCUT2D eigenvalue weighted by Gasteiger charge is -2.19. The highest BCUT2D eigenvalue weighted by atomic mass is 35.5. The maximum absolute atomic E-state index is 12.7. The van der Waals surface area contributed by atoms with E-state index >= 15 is 0 Å². The van der Waals surface area contributed by atoms with Crippen LogP contribution in [0.3, 0.4) is 0 Å². The van der Waals surface area contributed by atoms with Crippen molar-refractivity contribution in [1.82, 2.24) is 9.62 Å². The van der Waals surface area contributed by atoms with E-state index in [9.17, 15) is 18.0 Å². The molecule has 3 amide bonds. The van der Waals surface area contributed by atoms with Crippen molar-refractivity contribution in [1.29, 1.82) is 0 Å². The van der Waals surface area contributed by atoms with Crippen molar-refractivity contribution >= 4 is 44.9 Å². The number of carbonyl (C=O) groups excluding carboxylic acids is 2. The monoisotopic (exact) mass is 452 g/mol. The average Bonchev–Trinajstić information content (AvgIpc) is 2.71. The molecule has 162 valence electrons. The molecular weight excluding hydrogens is 428 g/mol. The molecule has 3 N–H and O–H groups in total. The van der Waals surface area contributed by atoms with E-state index in [2.05, 4.69) is 16.0 Å². The van der Waals surface area contributed by atoms with Crippen molar-refractivity contribution in [2.45, 2.75) is 25.2 Å². The number of hydrogen-bond donors (Lipinski definition) is 3. The van der Waals surface area contributed by atoms with Crippen LogP contribution < -0.4 is 16.0 Å². The zero-order valence-electron chi connectivity index (χ0n) is 16.8. The van der Waals surface area contributed by atoms with Gasteiger partial charge in [-0.2, -0.15) is 4.31 Å². The summed E-state index contributed by atoms with van der Waals surface area (Å²) >= 11 is 6.11. The van der Waals surface area contributed by atoms with Crippen LogP contribution in [0.1, 0.15) is 20.3 Å². The lowest BCUT2D eigenvalue weighted by molar-refractivity contribution is -0.116. The largest absolute Gasteiger partial charge is 0.337 e. The summed E-state index contributed by atoms with van der Waals surface area (Å²) < 4.78 is 26.6. The van der Waals surface area contributed by atoms with E-state index in [-0.39, 0.29) is 28.6 Å². The van der Waals surface area contributed by atoms with Gasteiger partial charge in [-0.1, -0.05) is 43.6 Å².